The van der Waals surface area contributed by atoms with Crippen LogP contribution < -0.4 is 0 Å². The molecule has 0 aromatic rings. The van der Waals surface area contributed by atoms with Gasteiger partial charge in [-0.25, -0.2) is 9.59 Å². The molecule has 18 heavy (non-hydrogen) atoms. The van der Waals surface area contributed by atoms with Crippen LogP contribution in [0.25, 0.3) is 0 Å². The minimum atomic E-state index is -1.34. The van der Waals surface area contributed by atoms with Crippen LogP contribution in [0.15, 0.2) is 23.2 Å². The normalized spacial score (nSPS) is 17.1. The van der Waals surface area contributed by atoms with E-state index < -0.39 is 23.7 Å². The topological polar surface area (TPSA) is 121 Å². The predicted molar refractivity (Wildman–Crippen MR) is 57.6 cm³/mol. The Morgan fingerprint density at radius 2 is 1.89 bits per heavy atom. The third kappa shape index (κ3) is 3.62. The molecule has 0 spiro atoms. The molecule has 7 nitrogen and oxygen atoms in total. The maximum atomic E-state index is 11.3. The predicted octanol–water partition coefficient (Wildman–Crippen LogP) is 0.969. The van der Waals surface area contributed by atoms with Gasteiger partial charge in [0.2, 0.25) is 0 Å². The standard InChI is InChI=1S/C11H12O7/c12-8(13)4-2-1-3-6-10(16)7(5-9(14)15)18-11(6)17/h5,16H,1-4H2,(H,12,13)(H,14,15)/b7-5+. The fraction of sp³-hybridized carbons (Fsp3) is 0.364. The molecule has 0 aromatic carbocycles. The van der Waals surface area contributed by atoms with Gasteiger partial charge in [-0.3, -0.25) is 4.79 Å². The SMILES string of the molecule is O=C(O)/C=C1/OC(=O)C(CCCCC(=O)O)=C1O. The van der Waals surface area contributed by atoms with Crippen LogP contribution in [-0.2, 0) is 19.1 Å². The van der Waals surface area contributed by atoms with Gasteiger partial charge in [-0.15, -0.1) is 0 Å². The van der Waals surface area contributed by atoms with Gasteiger partial charge in [-0.1, -0.05) is 0 Å². The molecule has 98 valence electrons. The smallest absolute Gasteiger partial charge is 0.343 e. The summed E-state index contributed by atoms with van der Waals surface area (Å²) in [5, 5.41) is 26.5. The molecule has 0 radical (unpaired) electrons. The van der Waals surface area contributed by atoms with Gasteiger partial charge in [0, 0.05) is 6.42 Å². The molecule has 7 heteroatoms. The molecule has 0 aliphatic carbocycles. The number of unbranched alkanes of at least 4 members (excludes halogenated alkanes) is 1. The summed E-state index contributed by atoms with van der Waals surface area (Å²) >= 11 is 0. The number of aliphatic hydroxyl groups excluding tert-OH is 1. The van der Waals surface area contributed by atoms with Crippen molar-refractivity contribution in [3.8, 4) is 0 Å². The van der Waals surface area contributed by atoms with Crippen LogP contribution in [0.4, 0.5) is 0 Å². The number of esters is 1. The van der Waals surface area contributed by atoms with Crippen molar-refractivity contribution in [2.75, 3.05) is 0 Å². The second-order valence-electron chi connectivity index (χ2n) is 3.66. The molecule has 0 saturated heterocycles. The number of ether oxygens (including phenoxy) is 1. The summed E-state index contributed by atoms with van der Waals surface area (Å²) in [5.74, 6) is -3.95. The van der Waals surface area contributed by atoms with Crippen molar-refractivity contribution in [1.29, 1.82) is 0 Å². The Balaban J connectivity index is 2.63. The van der Waals surface area contributed by atoms with Crippen LogP contribution in [0.5, 0.6) is 0 Å². The lowest BCUT2D eigenvalue weighted by atomic mass is 10.1. The highest BCUT2D eigenvalue weighted by atomic mass is 16.6. The highest BCUT2D eigenvalue weighted by molar-refractivity contribution is 5.95. The summed E-state index contributed by atoms with van der Waals surface area (Å²) in [7, 11) is 0. The van der Waals surface area contributed by atoms with E-state index in [1.807, 2.05) is 0 Å². The van der Waals surface area contributed by atoms with Crippen LogP contribution in [0.2, 0.25) is 0 Å². The Bertz CT molecular complexity index is 444. The van der Waals surface area contributed by atoms with E-state index in [0.717, 1.165) is 0 Å². The molecular formula is C11H12O7. The molecule has 0 aromatic heterocycles. The summed E-state index contributed by atoms with van der Waals surface area (Å²) in [4.78, 5) is 32.0. The van der Waals surface area contributed by atoms with Crippen LogP contribution in [0.1, 0.15) is 25.7 Å². The molecule has 3 N–H and O–H groups in total. The first-order chi connectivity index (χ1) is 8.41. The van der Waals surface area contributed by atoms with Crippen molar-refractivity contribution < 1.29 is 34.4 Å². The molecule has 0 atom stereocenters. The monoisotopic (exact) mass is 256 g/mol. The number of aliphatic carboxylic acids is 2. The van der Waals surface area contributed by atoms with Crippen molar-refractivity contribution in [3.63, 3.8) is 0 Å². The lowest BCUT2D eigenvalue weighted by Gasteiger charge is -1.97. The van der Waals surface area contributed by atoms with E-state index in [2.05, 4.69) is 4.74 Å². The lowest BCUT2D eigenvalue weighted by molar-refractivity contribution is -0.137. The zero-order chi connectivity index (χ0) is 13.7. The zero-order valence-corrected chi connectivity index (χ0v) is 9.38. The molecule has 0 saturated carbocycles. The van der Waals surface area contributed by atoms with E-state index >= 15 is 0 Å². The molecule has 1 aliphatic heterocycles. The third-order valence-corrected chi connectivity index (χ3v) is 2.29. The van der Waals surface area contributed by atoms with E-state index in [1.54, 1.807) is 0 Å². The van der Waals surface area contributed by atoms with E-state index in [9.17, 15) is 19.5 Å². The van der Waals surface area contributed by atoms with Gasteiger partial charge in [0.05, 0.1) is 11.6 Å². The second-order valence-corrected chi connectivity index (χ2v) is 3.66. The number of carboxylic acid groups (broad SMARTS) is 2. The summed E-state index contributed by atoms with van der Waals surface area (Å²) in [5.41, 5.74) is -0.0205. The van der Waals surface area contributed by atoms with Gasteiger partial charge >= 0.3 is 17.9 Å². The largest absolute Gasteiger partial charge is 0.504 e. The summed E-state index contributed by atoms with van der Waals surface area (Å²) < 4.78 is 4.58. The Kier molecular flexibility index (Phi) is 4.47. The molecule has 1 heterocycles. The van der Waals surface area contributed by atoms with E-state index in [-0.39, 0.29) is 24.2 Å². The maximum absolute atomic E-state index is 11.3. The summed E-state index contributed by atoms with van der Waals surface area (Å²) in [6.07, 6.45) is 1.46. The Labute approximate surface area is 102 Å². The summed E-state index contributed by atoms with van der Waals surface area (Å²) in [6.45, 7) is 0. The number of hydrogen-bond donors (Lipinski definition) is 3. The number of rotatable bonds is 6. The van der Waals surface area contributed by atoms with E-state index in [0.29, 0.717) is 18.9 Å². The number of hydrogen-bond acceptors (Lipinski definition) is 5. The zero-order valence-electron chi connectivity index (χ0n) is 9.38. The number of cyclic esters (lactones) is 1. The first-order valence-corrected chi connectivity index (χ1v) is 5.23. The van der Waals surface area contributed by atoms with Gasteiger partial charge in [0.1, 0.15) is 0 Å². The molecule has 1 aliphatic rings. The number of carboxylic acids is 2. The van der Waals surface area contributed by atoms with Crippen LogP contribution in [-0.4, -0.2) is 33.2 Å². The van der Waals surface area contributed by atoms with Gasteiger partial charge in [-0.05, 0) is 19.3 Å². The number of aliphatic hydroxyl groups is 1. The van der Waals surface area contributed by atoms with E-state index in [1.165, 1.54) is 0 Å². The van der Waals surface area contributed by atoms with Gasteiger partial charge < -0.3 is 20.1 Å². The highest BCUT2D eigenvalue weighted by Crippen LogP contribution is 2.27. The lowest BCUT2D eigenvalue weighted by Crippen LogP contribution is -2.00. The average molecular weight is 256 g/mol. The fourth-order valence-electron chi connectivity index (χ4n) is 1.46. The molecular weight excluding hydrogens is 244 g/mol. The number of carbonyl (C=O) groups excluding carboxylic acids is 1. The van der Waals surface area contributed by atoms with Gasteiger partial charge in [0.25, 0.3) is 0 Å². The van der Waals surface area contributed by atoms with Crippen LogP contribution in [0.3, 0.4) is 0 Å². The Morgan fingerprint density at radius 1 is 1.22 bits per heavy atom. The van der Waals surface area contributed by atoms with Crippen LogP contribution >= 0.6 is 0 Å². The summed E-state index contributed by atoms with van der Waals surface area (Å²) in [6, 6.07) is 0. The van der Waals surface area contributed by atoms with Crippen molar-refractivity contribution >= 4 is 17.9 Å². The maximum Gasteiger partial charge on any atom is 0.343 e. The molecule has 0 bridgehead atoms. The van der Waals surface area contributed by atoms with Crippen molar-refractivity contribution in [3.05, 3.63) is 23.2 Å². The van der Waals surface area contributed by atoms with Crippen molar-refractivity contribution in [1.82, 2.24) is 0 Å². The first-order valence-electron chi connectivity index (χ1n) is 5.23. The average Bonchev–Trinajstić information content (AvgIpc) is 2.49. The Hall–Kier alpha value is -2.31. The minimum Gasteiger partial charge on any atom is -0.504 e. The molecule has 0 unspecified atom stereocenters. The second kappa shape index (κ2) is 5.85. The van der Waals surface area contributed by atoms with Crippen molar-refractivity contribution in [2.45, 2.75) is 25.7 Å². The van der Waals surface area contributed by atoms with E-state index in [4.69, 9.17) is 10.2 Å². The quantitative estimate of drug-likeness (QED) is 0.367. The minimum absolute atomic E-state index is 0.0205. The third-order valence-electron chi connectivity index (χ3n) is 2.29. The fourth-order valence-corrected chi connectivity index (χ4v) is 1.46. The molecule has 0 amide bonds. The molecule has 0 fully saturated rings. The van der Waals surface area contributed by atoms with Crippen molar-refractivity contribution in [2.24, 2.45) is 0 Å². The van der Waals surface area contributed by atoms with Gasteiger partial charge in [-0.2, -0.15) is 0 Å². The highest BCUT2D eigenvalue weighted by Gasteiger charge is 2.29. The first kappa shape index (κ1) is 13.8. The number of carbonyl (C=O) groups is 3. The van der Waals surface area contributed by atoms with Crippen LogP contribution in [0, 0.1) is 0 Å². The Morgan fingerprint density at radius 3 is 2.44 bits per heavy atom. The molecule has 1 rings (SSSR count). The van der Waals surface area contributed by atoms with Gasteiger partial charge in [0.15, 0.2) is 11.5 Å².